The summed E-state index contributed by atoms with van der Waals surface area (Å²) in [6.07, 6.45) is 0. The summed E-state index contributed by atoms with van der Waals surface area (Å²) >= 11 is 0. The van der Waals surface area contributed by atoms with Gasteiger partial charge in [-0.3, -0.25) is 9.25 Å². The summed E-state index contributed by atoms with van der Waals surface area (Å²) in [5.41, 5.74) is 2.12. The molecular weight excluding hydrogens is 468 g/mol. The van der Waals surface area contributed by atoms with Crippen LogP contribution in [-0.2, 0) is 23.6 Å². The summed E-state index contributed by atoms with van der Waals surface area (Å²) in [6.45, 7) is 11.6. The Morgan fingerprint density at radius 3 is 2.46 bits per heavy atom. The molecule has 1 fully saturated rings. The number of rotatable bonds is 8. The van der Waals surface area contributed by atoms with Gasteiger partial charge < -0.3 is 14.5 Å². The van der Waals surface area contributed by atoms with Crippen LogP contribution in [0.25, 0.3) is 0 Å². The molecule has 0 spiro atoms. The van der Waals surface area contributed by atoms with Crippen molar-refractivity contribution in [3.8, 4) is 11.8 Å². The van der Waals surface area contributed by atoms with Crippen molar-refractivity contribution in [2.45, 2.75) is 45.2 Å². The molecule has 0 bridgehead atoms. The quantitative estimate of drug-likeness (QED) is 0.499. The minimum absolute atomic E-state index is 0.187. The van der Waals surface area contributed by atoms with Gasteiger partial charge in [0, 0.05) is 51.5 Å². The Labute approximate surface area is 206 Å². The Morgan fingerprint density at radius 1 is 1.11 bits per heavy atom. The number of sulfonamides is 1. The van der Waals surface area contributed by atoms with Crippen LogP contribution in [0.2, 0.25) is 0 Å². The zero-order valence-electron chi connectivity index (χ0n) is 21.2. The van der Waals surface area contributed by atoms with Gasteiger partial charge in [-0.25, -0.2) is 13.1 Å². The predicted molar refractivity (Wildman–Crippen MR) is 133 cm³/mol. The van der Waals surface area contributed by atoms with Gasteiger partial charge in [0.1, 0.15) is 10.6 Å². The minimum Gasteiger partial charge on any atom is -0.424 e. The molecular formula is C23H34N8O3S. The summed E-state index contributed by atoms with van der Waals surface area (Å²) in [5.74, 6) is 1.13. The van der Waals surface area contributed by atoms with Gasteiger partial charge in [-0.1, -0.05) is 11.2 Å². The number of nitrogens with one attached hydrogen (secondary N) is 1. The zero-order valence-corrected chi connectivity index (χ0v) is 22.0. The highest BCUT2D eigenvalue weighted by atomic mass is 32.2. The lowest BCUT2D eigenvalue weighted by Crippen LogP contribution is -2.44. The molecule has 1 aromatic carbocycles. The molecule has 0 aliphatic carbocycles. The summed E-state index contributed by atoms with van der Waals surface area (Å²) in [4.78, 5) is 4.84. The average Bonchev–Trinajstić information content (AvgIpc) is 3.33. The molecule has 12 heteroatoms. The number of ether oxygens (including phenoxy) is 1. The molecule has 0 radical (unpaired) electrons. The Balaban J connectivity index is 1.53. The maximum absolute atomic E-state index is 13.1. The van der Waals surface area contributed by atoms with Crippen LogP contribution >= 0.6 is 0 Å². The number of hydrogen-bond donors (Lipinski definition) is 1. The molecule has 35 heavy (non-hydrogen) atoms. The van der Waals surface area contributed by atoms with E-state index < -0.39 is 16.1 Å². The SMILES string of the molecule is CCn1c(Oc2cccc(N3CCN(C)CC3)c2)nnc1[C@@H](C)NS(=O)(=O)c1c(C)nn(C)c1C. The summed E-state index contributed by atoms with van der Waals surface area (Å²) in [6, 6.07) is 7.62. The number of benzene rings is 1. The Bertz CT molecular complexity index is 1290. The largest absolute Gasteiger partial charge is 0.424 e. The number of anilines is 1. The first-order valence-electron chi connectivity index (χ1n) is 11.8. The summed E-state index contributed by atoms with van der Waals surface area (Å²) < 4.78 is 38.4. The van der Waals surface area contributed by atoms with Gasteiger partial charge in [0.05, 0.1) is 17.4 Å². The van der Waals surface area contributed by atoms with Gasteiger partial charge in [0.25, 0.3) is 0 Å². The van der Waals surface area contributed by atoms with Crippen molar-refractivity contribution >= 4 is 15.7 Å². The number of hydrogen-bond acceptors (Lipinski definition) is 8. The fourth-order valence-electron chi connectivity index (χ4n) is 4.39. The highest BCUT2D eigenvalue weighted by molar-refractivity contribution is 7.89. The van der Waals surface area contributed by atoms with E-state index in [1.54, 1.807) is 37.1 Å². The Hall–Kier alpha value is -2.96. The summed E-state index contributed by atoms with van der Waals surface area (Å²) in [5, 5.41) is 12.7. The standard InChI is InChI=1S/C23H34N8O3S/c1-7-31-22(17(3)27-35(32,33)21-16(2)26-29(6)18(21)4)24-25-23(31)34-20-10-8-9-19(15-20)30-13-11-28(5)12-14-30/h8-10,15,17,27H,7,11-14H2,1-6H3/t17-/m1/s1. The maximum atomic E-state index is 13.1. The lowest BCUT2D eigenvalue weighted by Gasteiger charge is -2.34. The number of aryl methyl sites for hydroxylation is 2. The number of nitrogens with zero attached hydrogens (tertiary/aromatic N) is 7. The van der Waals surface area contributed by atoms with Crippen LogP contribution in [0.5, 0.6) is 11.8 Å². The van der Waals surface area contributed by atoms with Gasteiger partial charge in [0.15, 0.2) is 5.82 Å². The van der Waals surface area contributed by atoms with Crippen LogP contribution in [0.1, 0.15) is 37.1 Å². The van der Waals surface area contributed by atoms with Crippen molar-refractivity contribution in [3.63, 3.8) is 0 Å². The molecule has 11 nitrogen and oxygen atoms in total. The first kappa shape index (κ1) is 25.1. The van der Waals surface area contributed by atoms with Crippen molar-refractivity contribution < 1.29 is 13.2 Å². The smallest absolute Gasteiger partial charge is 0.322 e. The minimum atomic E-state index is -3.81. The van der Waals surface area contributed by atoms with E-state index in [0.717, 1.165) is 31.9 Å². The first-order valence-corrected chi connectivity index (χ1v) is 13.3. The molecule has 0 amide bonds. The molecule has 0 saturated carbocycles. The van der Waals surface area contributed by atoms with E-state index in [2.05, 4.69) is 42.9 Å². The van der Waals surface area contributed by atoms with Gasteiger partial charge in [-0.15, -0.1) is 5.10 Å². The topological polar surface area (TPSA) is 110 Å². The second-order valence-electron chi connectivity index (χ2n) is 8.94. The van der Waals surface area contributed by atoms with Crippen LogP contribution in [0.15, 0.2) is 29.2 Å². The number of likely N-dealkylation sites (N-methyl/N-ethyl adjacent to an activating group) is 1. The van der Waals surface area contributed by atoms with E-state index in [9.17, 15) is 8.42 Å². The normalized spacial score (nSPS) is 16.0. The summed E-state index contributed by atoms with van der Waals surface area (Å²) in [7, 11) is 0.0452. The van der Waals surface area contributed by atoms with E-state index >= 15 is 0 Å². The van der Waals surface area contributed by atoms with E-state index in [1.165, 1.54) is 0 Å². The van der Waals surface area contributed by atoms with Crippen LogP contribution in [0.4, 0.5) is 5.69 Å². The Morgan fingerprint density at radius 2 is 1.83 bits per heavy atom. The van der Waals surface area contributed by atoms with Gasteiger partial charge in [0.2, 0.25) is 10.0 Å². The maximum Gasteiger partial charge on any atom is 0.322 e. The zero-order chi connectivity index (χ0) is 25.3. The van der Waals surface area contributed by atoms with Crippen LogP contribution in [0.3, 0.4) is 0 Å². The van der Waals surface area contributed by atoms with Crippen LogP contribution in [-0.4, -0.2) is 71.1 Å². The van der Waals surface area contributed by atoms with Gasteiger partial charge in [-0.2, -0.15) is 5.10 Å². The predicted octanol–water partition coefficient (Wildman–Crippen LogP) is 2.23. The molecule has 2 aromatic heterocycles. The number of aromatic nitrogens is 5. The van der Waals surface area contributed by atoms with Gasteiger partial charge >= 0.3 is 6.01 Å². The van der Waals surface area contributed by atoms with Crippen molar-refractivity contribution in [1.29, 1.82) is 0 Å². The third-order valence-electron chi connectivity index (χ3n) is 6.39. The molecule has 190 valence electrons. The van der Waals surface area contributed by atoms with Crippen molar-refractivity contribution in [2.75, 3.05) is 38.1 Å². The van der Waals surface area contributed by atoms with E-state index in [1.807, 2.05) is 25.1 Å². The van der Waals surface area contributed by atoms with Crippen molar-refractivity contribution in [1.82, 2.24) is 34.2 Å². The molecule has 4 rings (SSSR count). The fraction of sp³-hybridized carbons (Fsp3) is 0.522. The third-order valence-corrected chi connectivity index (χ3v) is 8.18. The number of piperazine rings is 1. The third kappa shape index (κ3) is 5.19. The van der Waals surface area contributed by atoms with Crippen molar-refractivity contribution in [3.05, 3.63) is 41.5 Å². The Kier molecular flexibility index (Phi) is 7.15. The molecule has 1 atom stereocenters. The first-order chi connectivity index (χ1) is 16.6. The average molecular weight is 503 g/mol. The van der Waals surface area contributed by atoms with Crippen molar-refractivity contribution in [2.24, 2.45) is 7.05 Å². The lowest BCUT2D eigenvalue weighted by molar-refractivity contribution is 0.312. The van der Waals surface area contributed by atoms with Crippen LogP contribution < -0.4 is 14.4 Å². The monoisotopic (exact) mass is 502 g/mol. The molecule has 3 aromatic rings. The molecule has 1 N–H and O–H groups in total. The molecule has 1 aliphatic rings. The second-order valence-corrected chi connectivity index (χ2v) is 10.6. The molecule has 3 heterocycles. The lowest BCUT2D eigenvalue weighted by atomic mass is 10.2. The second kappa shape index (κ2) is 9.96. The van der Waals surface area contributed by atoms with E-state index in [4.69, 9.17) is 4.74 Å². The fourth-order valence-corrected chi connectivity index (χ4v) is 6.03. The highest BCUT2D eigenvalue weighted by Crippen LogP contribution is 2.28. The molecule has 1 saturated heterocycles. The van der Waals surface area contributed by atoms with Gasteiger partial charge in [-0.05, 0) is 46.9 Å². The van der Waals surface area contributed by atoms with E-state index in [-0.39, 0.29) is 4.90 Å². The van der Waals surface area contributed by atoms with Crippen LogP contribution in [0, 0.1) is 13.8 Å². The molecule has 1 aliphatic heterocycles. The molecule has 0 unspecified atom stereocenters. The van der Waals surface area contributed by atoms with E-state index in [0.29, 0.717) is 35.5 Å². The highest BCUT2D eigenvalue weighted by Gasteiger charge is 2.28.